The van der Waals surface area contributed by atoms with Crippen molar-refractivity contribution in [3.63, 3.8) is 0 Å². The van der Waals surface area contributed by atoms with Crippen LogP contribution in [0.5, 0.6) is 5.75 Å². The van der Waals surface area contributed by atoms with Gasteiger partial charge in [0.1, 0.15) is 0 Å². The molecule has 2 aromatic rings. The molecule has 0 bridgehead atoms. The second kappa shape index (κ2) is 7.34. The molecule has 0 aliphatic carbocycles. The molecule has 0 radical (unpaired) electrons. The van der Waals surface area contributed by atoms with Gasteiger partial charge in [-0.3, -0.25) is 0 Å². The summed E-state index contributed by atoms with van der Waals surface area (Å²) in [6.45, 7) is 5.14. The van der Waals surface area contributed by atoms with E-state index >= 15 is 0 Å². The monoisotopic (exact) mass is 379 g/mol. The standard InChI is InChI=1S/C19H22FNO4S/c1-13-10-16(15-4-5-18(24-3)17(20)12-15)19(11-14(13)2)26(22,23)21-6-8-25-9-7-21/h4-5,10-12H,6-9H2,1-3H3. The summed E-state index contributed by atoms with van der Waals surface area (Å²) < 4.78 is 52.2. The van der Waals surface area contributed by atoms with Crippen molar-refractivity contribution < 1.29 is 22.3 Å². The highest BCUT2D eigenvalue weighted by atomic mass is 32.2. The third-order valence-electron chi connectivity index (χ3n) is 4.65. The number of rotatable bonds is 4. The number of hydrogen-bond acceptors (Lipinski definition) is 4. The third-order valence-corrected chi connectivity index (χ3v) is 6.59. The molecular formula is C19H22FNO4S. The number of methoxy groups -OCH3 is 1. The number of sulfonamides is 1. The molecule has 1 aliphatic rings. The van der Waals surface area contributed by atoms with Crippen LogP contribution in [0.4, 0.5) is 4.39 Å². The van der Waals surface area contributed by atoms with Gasteiger partial charge in [0.25, 0.3) is 0 Å². The summed E-state index contributed by atoms with van der Waals surface area (Å²) in [5.41, 5.74) is 2.80. The molecule has 0 spiro atoms. The van der Waals surface area contributed by atoms with Crippen molar-refractivity contribution in [2.24, 2.45) is 0 Å². The Bertz CT molecular complexity index is 921. The lowest BCUT2D eigenvalue weighted by Gasteiger charge is -2.27. The van der Waals surface area contributed by atoms with E-state index in [-0.39, 0.29) is 10.6 Å². The second-order valence-electron chi connectivity index (χ2n) is 6.30. The topological polar surface area (TPSA) is 55.8 Å². The molecule has 1 fully saturated rings. The first-order chi connectivity index (χ1) is 12.3. The highest BCUT2D eigenvalue weighted by Gasteiger charge is 2.29. The summed E-state index contributed by atoms with van der Waals surface area (Å²) >= 11 is 0. The number of aryl methyl sites for hydroxylation is 2. The fourth-order valence-corrected chi connectivity index (χ4v) is 4.68. The molecule has 1 saturated heterocycles. The van der Waals surface area contributed by atoms with E-state index in [1.54, 1.807) is 18.2 Å². The Morgan fingerprint density at radius 1 is 1.08 bits per heavy atom. The van der Waals surface area contributed by atoms with Crippen molar-refractivity contribution in [1.29, 1.82) is 0 Å². The smallest absolute Gasteiger partial charge is 0.243 e. The fraction of sp³-hybridized carbons (Fsp3) is 0.368. The van der Waals surface area contributed by atoms with Gasteiger partial charge in [-0.25, -0.2) is 12.8 Å². The van der Waals surface area contributed by atoms with E-state index in [1.165, 1.54) is 23.5 Å². The van der Waals surface area contributed by atoms with Crippen molar-refractivity contribution in [1.82, 2.24) is 4.31 Å². The number of halogens is 1. The summed E-state index contributed by atoms with van der Waals surface area (Å²) in [7, 11) is -2.32. The summed E-state index contributed by atoms with van der Waals surface area (Å²) in [6.07, 6.45) is 0. The van der Waals surface area contributed by atoms with Crippen LogP contribution in [-0.4, -0.2) is 46.1 Å². The molecule has 0 amide bonds. The summed E-state index contributed by atoms with van der Waals surface area (Å²) in [5.74, 6) is -0.409. The Morgan fingerprint density at radius 2 is 1.73 bits per heavy atom. The van der Waals surface area contributed by atoms with Crippen LogP contribution in [0.15, 0.2) is 35.2 Å². The van der Waals surface area contributed by atoms with E-state index in [1.807, 2.05) is 13.8 Å². The molecule has 0 N–H and O–H groups in total. The fourth-order valence-electron chi connectivity index (χ4n) is 2.99. The Labute approximate surface area is 153 Å². The molecule has 3 rings (SSSR count). The molecule has 7 heteroatoms. The van der Waals surface area contributed by atoms with Crippen LogP contribution >= 0.6 is 0 Å². The number of benzene rings is 2. The summed E-state index contributed by atoms with van der Waals surface area (Å²) in [5, 5.41) is 0. The molecular weight excluding hydrogens is 357 g/mol. The van der Waals surface area contributed by atoms with Crippen LogP contribution in [0, 0.1) is 19.7 Å². The Hall–Kier alpha value is -1.96. The molecule has 0 saturated carbocycles. The minimum atomic E-state index is -3.71. The van der Waals surface area contributed by atoms with Gasteiger partial charge in [0, 0.05) is 18.7 Å². The van der Waals surface area contributed by atoms with Gasteiger partial charge in [-0.2, -0.15) is 4.31 Å². The molecule has 0 atom stereocenters. The molecule has 5 nitrogen and oxygen atoms in total. The first kappa shape index (κ1) is 18.8. The molecule has 0 unspecified atom stereocenters. The van der Waals surface area contributed by atoms with Gasteiger partial charge in [0.15, 0.2) is 11.6 Å². The Morgan fingerprint density at radius 3 is 2.35 bits per heavy atom. The number of morpholine rings is 1. The van der Waals surface area contributed by atoms with Gasteiger partial charge in [0.05, 0.1) is 25.2 Å². The molecule has 26 heavy (non-hydrogen) atoms. The minimum absolute atomic E-state index is 0.121. The first-order valence-electron chi connectivity index (χ1n) is 8.37. The van der Waals surface area contributed by atoms with E-state index in [2.05, 4.69) is 0 Å². The first-order valence-corrected chi connectivity index (χ1v) is 9.81. The zero-order valence-corrected chi connectivity index (χ0v) is 15.9. The third kappa shape index (κ3) is 3.47. The number of hydrogen-bond donors (Lipinski definition) is 0. The number of ether oxygens (including phenoxy) is 2. The Balaban J connectivity index is 2.16. The maximum Gasteiger partial charge on any atom is 0.243 e. The lowest BCUT2D eigenvalue weighted by atomic mass is 10.00. The molecule has 0 aromatic heterocycles. The average Bonchev–Trinajstić information content (AvgIpc) is 2.64. The zero-order valence-electron chi connectivity index (χ0n) is 15.1. The van der Waals surface area contributed by atoms with Gasteiger partial charge in [-0.05, 0) is 54.8 Å². The SMILES string of the molecule is COc1ccc(-c2cc(C)c(C)cc2S(=O)(=O)N2CCOCC2)cc1F. The normalized spacial score (nSPS) is 15.8. The summed E-state index contributed by atoms with van der Waals surface area (Å²) in [4.78, 5) is 0.187. The lowest BCUT2D eigenvalue weighted by molar-refractivity contribution is 0.0730. The predicted octanol–water partition coefficient (Wildman–Crippen LogP) is 3.14. The van der Waals surface area contributed by atoms with Crippen molar-refractivity contribution >= 4 is 10.0 Å². The van der Waals surface area contributed by atoms with Crippen LogP contribution in [0.1, 0.15) is 11.1 Å². The maximum absolute atomic E-state index is 14.2. The highest BCUT2D eigenvalue weighted by Crippen LogP contribution is 2.34. The van der Waals surface area contributed by atoms with E-state index in [0.29, 0.717) is 37.4 Å². The predicted molar refractivity (Wildman–Crippen MR) is 97.4 cm³/mol. The van der Waals surface area contributed by atoms with Crippen LogP contribution in [0.2, 0.25) is 0 Å². The zero-order chi connectivity index (χ0) is 18.9. The van der Waals surface area contributed by atoms with Gasteiger partial charge in [-0.15, -0.1) is 0 Å². The van der Waals surface area contributed by atoms with E-state index in [4.69, 9.17) is 9.47 Å². The van der Waals surface area contributed by atoms with E-state index in [9.17, 15) is 12.8 Å². The maximum atomic E-state index is 14.2. The lowest BCUT2D eigenvalue weighted by Crippen LogP contribution is -2.40. The van der Waals surface area contributed by atoms with E-state index in [0.717, 1.165) is 11.1 Å². The Kier molecular flexibility index (Phi) is 5.32. The van der Waals surface area contributed by atoms with Crippen molar-refractivity contribution in [2.45, 2.75) is 18.7 Å². The quantitative estimate of drug-likeness (QED) is 0.819. The second-order valence-corrected chi connectivity index (χ2v) is 8.20. The van der Waals surface area contributed by atoms with Gasteiger partial charge >= 0.3 is 0 Å². The van der Waals surface area contributed by atoms with Gasteiger partial charge in [0.2, 0.25) is 10.0 Å². The minimum Gasteiger partial charge on any atom is -0.494 e. The van der Waals surface area contributed by atoms with Crippen LogP contribution in [0.25, 0.3) is 11.1 Å². The number of nitrogens with zero attached hydrogens (tertiary/aromatic N) is 1. The average molecular weight is 379 g/mol. The van der Waals surface area contributed by atoms with Crippen molar-refractivity contribution in [3.8, 4) is 16.9 Å². The molecule has 2 aromatic carbocycles. The van der Waals surface area contributed by atoms with Crippen LogP contribution < -0.4 is 4.74 Å². The summed E-state index contributed by atoms with van der Waals surface area (Å²) in [6, 6.07) is 7.94. The van der Waals surface area contributed by atoms with E-state index < -0.39 is 15.8 Å². The van der Waals surface area contributed by atoms with Crippen molar-refractivity contribution in [2.75, 3.05) is 33.4 Å². The van der Waals surface area contributed by atoms with Crippen LogP contribution in [0.3, 0.4) is 0 Å². The largest absolute Gasteiger partial charge is 0.494 e. The molecule has 140 valence electrons. The van der Waals surface area contributed by atoms with Crippen molar-refractivity contribution in [3.05, 3.63) is 47.3 Å². The van der Waals surface area contributed by atoms with Gasteiger partial charge in [-0.1, -0.05) is 6.07 Å². The molecule has 1 heterocycles. The molecule has 1 aliphatic heterocycles. The van der Waals surface area contributed by atoms with Crippen LogP contribution in [-0.2, 0) is 14.8 Å². The van der Waals surface area contributed by atoms with Gasteiger partial charge < -0.3 is 9.47 Å². The highest BCUT2D eigenvalue weighted by molar-refractivity contribution is 7.89.